The number of carbonyl (C=O) groups is 2. The fraction of sp³-hybridized carbons (Fsp3) is 0.500. The van der Waals surface area contributed by atoms with E-state index in [1.807, 2.05) is 0 Å². The zero-order valence-electron chi connectivity index (χ0n) is 14.5. The zero-order valence-corrected chi connectivity index (χ0v) is 14.5. The Kier molecular flexibility index (Phi) is 9.05. The molecule has 1 aliphatic rings. The first kappa shape index (κ1) is 23.6. The summed E-state index contributed by atoms with van der Waals surface area (Å²) in [6.07, 6.45) is -7.12. The highest BCUT2D eigenvalue weighted by atomic mass is 16.7. The summed E-state index contributed by atoms with van der Waals surface area (Å²) in [6, 6.07) is 4.40. The lowest BCUT2D eigenvalue weighted by Gasteiger charge is -2.39. The number of nitrogens with two attached hydrogens (primary N) is 1. The van der Waals surface area contributed by atoms with Gasteiger partial charge >= 0.3 is 11.9 Å². The Bertz CT molecular complexity index is 636. The molecule has 0 radical (unpaired) electrons. The molecule has 9 N–H and O–H groups in total. The predicted molar refractivity (Wildman–Crippen MR) is 90.4 cm³/mol. The number of aliphatic carboxylic acids is 2. The molecule has 12 nitrogen and oxygen atoms in total. The van der Waals surface area contributed by atoms with E-state index in [0.29, 0.717) is 5.75 Å². The molecule has 0 spiro atoms. The van der Waals surface area contributed by atoms with E-state index in [0.717, 1.165) is 0 Å². The van der Waals surface area contributed by atoms with Gasteiger partial charge in [-0.1, -0.05) is 0 Å². The Hall–Kier alpha value is -2.48. The van der Waals surface area contributed by atoms with Crippen LogP contribution >= 0.6 is 0 Å². The van der Waals surface area contributed by atoms with Gasteiger partial charge in [0.2, 0.25) is 6.29 Å². The van der Waals surface area contributed by atoms with Crippen LogP contribution in [0.3, 0.4) is 0 Å². The SMILES string of the molecule is NC(CC(=O)O)C(=O)O.OC[C@H]1O[C@@H](Oc2ccc(O)cc2)[C@H](O)[C@@H](O)[C@@H]1O. The molecule has 1 heterocycles. The maximum atomic E-state index is 9.85. The third-order valence-electron chi connectivity index (χ3n) is 3.65. The number of hydrogen-bond donors (Lipinski definition) is 8. The van der Waals surface area contributed by atoms with Crippen LogP contribution in [0.2, 0.25) is 0 Å². The maximum absolute atomic E-state index is 9.85. The summed E-state index contributed by atoms with van der Waals surface area (Å²) in [7, 11) is 0. The van der Waals surface area contributed by atoms with Crippen LogP contribution in [0.15, 0.2) is 24.3 Å². The minimum Gasteiger partial charge on any atom is -0.508 e. The second-order valence-electron chi connectivity index (χ2n) is 5.85. The number of hydrogen-bond acceptors (Lipinski definition) is 10. The topological polar surface area (TPSA) is 220 Å². The third-order valence-corrected chi connectivity index (χ3v) is 3.65. The second-order valence-corrected chi connectivity index (χ2v) is 5.85. The fourth-order valence-corrected chi connectivity index (χ4v) is 2.10. The van der Waals surface area contributed by atoms with Crippen molar-refractivity contribution in [1.29, 1.82) is 0 Å². The van der Waals surface area contributed by atoms with Crippen molar-refractivity contribution in [1.82, 2.24) is 0 Å². The number of aliphatic hydroxyl groups is 4. The van der Waals surface area contributed by atoms with Crippen LogP contribution in [0.25, 0.3) is 0 Å². The van der Waals surface area contributed by atoms with Gasteiger partial charge in [-0.3, -0.25) is 9.59 Å². The van der Waals surface area contributed by atoms with Gasteiger partial charge in [0.15, 0.2) is 0 Å². The molecule has 158 valence electrons. The minimum absolute atomic E-state index is 0.0566. The Morgan fingerprint density at radius 2 is 1.64 bits per heavy atom. The van der Waals surface area contributed by atoms with E-state index in [1.54, 1.807) is 0 Å². The van der Waals surface area contributed by atoms with E-state index in [4.69, 9.17) is 35.6 Å². The van der Waals surface area contributed by atoms with Crippen molar-refractivity contribution in [3.8, 4) is 11.5 Å². The smallest absolute Gasteiger partial charge is 0.321 e. The molecule has 1 aromatic rings. The monoisotopic (exact) mass is 405 g/mol. The quantitative estimate of drug-likeness (QED) is 0.245. The molecular formula is C16H23NO11. The summed E-state index contributed by atoms with van der Waals surface area (Å²) in [5, 5.41) is 63.1. The van der Waals surface area contributed by atoms with Crippen molar-refractivity contribution in [3.05, 3.63) is 24.3 Å². The van der Waals surface area contributed by atoms with Crippen molar-refractivity contribution < 1.29 is 54.8 Å². The lowest BCUT2D eigenvalue weighted by Crippen LogP contribution is -2.60. The molecule has 2 rings (SSSR count). The van der Waals surface area contributed by atoms with Crippen LogP contribution in [-0.2, 0) is 14.3 Å². The van der Waals surface area contributed by atoms with Gasteiger partial charge < -0.3 is 51.0 Å². The number of phenols is 1. The van der Waals surface area contributed by atoms with E-state index >= 15 is 0 Å². The molecule has 0 aromatic heterocycles. The summed E-state index contributed by atoms with van der Waals surface area (Å²) < 4.78 is 10.5. The summed E-state index contributed by atoms with van der Waals surface area (Å²) >= 11 is 0. The van der Waals surface area contributed by atoms with Crippen LogP contribution in [0, 0.1) is 0 Å². The molecule has 0 bridgehead atoms. The molecule has 1 aliphatic heterocycles. The average molecular weight is 405 g/mol. The Morgan fingerprint density at radius 3 is 2.07 bits per heavy atom. The van der Waals surface area contributed by atoms with Crippen LogP contribution in [0.1, 0.15) is 6.42 Å². The number of carboxylic acids is 2. The van der Waals surface area contributed by atoms with Crippen LogP contribution < -0.4 is 10.5 Å². The molecular weight excluding hydrogens is 382 g/mol. The standard InChI is InChI=1S/C12H16O7.C4H7NO4/c13-5-8-9(15)10(16)11(17)12(19-8)18-7-3-1-6(14)2-4-7;5-2(4(8)9)1-3(6)7/h1-4,8-17H,5H2;2H,1,5H2,(H,6,7)(H,8,9)/t8-,9-,10+,11-,12-;/m1./s1. The van der Waals surface area contributed by atoms with Crippen LogP contribution in [0.4, 0.5) is 0 Å². The first-order valence-electron chi connectivity index (χ1n) is 8.03. The van der Waals surface area contributed by atoms with Crippen molar-refractivity contribution in [2.24, 2.45) is 5.73 Å². The molecule has 6 atom stereocenters. The number of carboxylic acid groups (broad SMARTS) is 2. The van der Waals surface area contributed by atoms with Gasteiger partial charge in [-0.25, -0.2) is 0 Å². The highest BCUT2D eigenvalue weighted by Crippen LogP contribution is 2.25. The maximum Gasteiger partial charge on any atom is 0.321 e. The number of phenolic OH excluding ortho intramolecular Hbond substituents is 1. The molecule has 0 aliphatic carbocycles. The summed E-state index contributed by atoms with van der Waals surface area (Å²) in [5.41, 5.74) is 4.84. The van der Waals surface area contributed by atoms with E-state index in [1.165, 1.54) is 24.3 Å². The zero-order chi connectivity index (χ0) is 21.4. The molecule has 1 saturated heterocycles. The number of benzene rings is 1. The molecule has 1 unspecified atom stereocenters. The highest BCUT2D eigenvalue weighted by Gasteiger charge is 2.44. The van der Waals surface area contributed by atoms with Gasteiger partial charge in [-0.2, -0.15) is 0 Å². The highest BCUT2D eigenvalue weighted by molar-refractivity contribution is 5.80. The third kappa shape index (κ3) is 6.92. The fourth-order valence-electron chi connectivity index (χ4n) is 2.10. The van der Waals surface area contributed by atoms with Crippen molar-refractivity contribution in [3.63, 3.8) is 0 Å². The molecule has 12 heteroatoms. The average Bonchev–Trinajstić information content (AvgIpc) is 2.64. The molecule has 1 aromatic carbocycles. The summed E-state index contributed by atoms with van der Waals surface area (Å²) in [6.45, 7) is -0.514. The van der Waals surface area contributed by atoms with E-state index in [-0.39, 0.29) is 5.75 Å². The Balaban J connectivity index is 0.000000370. The lowest BCUT2D eigenvalue weighted by atomic mass is 9.99. The van der Waals surface area contributed by atoms with Crippen molar-refractivity contribution >= 4 is 11.9 Å². The Labute approximate surface area is 159 Å². The van der Waals surface area contributed by atoms with Gasteiger partial charge in [0.1, 0.15) is 42.0 Å². The van der Waals surface area contributed by atoms with Gasteiger partial charge in [0.25, 0.3) is 0 Å². The van der Waals surface area contributed by atoms with Gasteiger partial charge in [0.05, 0.1) is 13.0 Å². The summed E-state index contributed by atoms with van der Waals surface area (Å²) in [4.78, 5) is 19.6. The summed E-state index contributed by atoms with van der Waals surface area (Å²) in [5.74, 6) is -2.13. The molecule has 0 saturated carbocycles. The number of rotatable bonds is 6. The van der Waals surface area contributed by atoms with Crippen LogP contribution in [0.5, 0.6) is 11.5 Å². The Morgan fingerprint density at radius 1 is 1.07 bits per heavy atom. The molecule has 28 heavy (non-hydrogen) atoms. The number of aromatic hydroxyl groups is 1. The van der Waals surface area contributed by atoms with Gasteiger partial charge in [0, 0.05) is 0 Å². The van der Waals surface area contributed by atoms with E-state index in [2.05, 4.69) is 0 Å². The van der Waals surface area contributed by atoms with Gasteiger partial charge in [-0.15, -0.1) is 0 Å². The van der Waals surface area contributed by atoms with Crippen molar-refractivity contribution in [2.75, 3.05) is 6.61 Å². The number of ether oxygens (including phenoxy) is 2. The molecule has 0 amide bonds. The van der Waals surface area contributed by atoms with Crippen LogP contribution in [-0.4, -0.2) is 91.0 Å². The first-order chi connectivity index (χ1) is 13.1. The minimum atomic E-state index is -1.48. The second kappa shape index (κ2) is 10.8. The molecule has 1 fully saturated rings. The van der Waals surface area contributed by atoms with E-state index in [9.17, 15) is 24.9 Å². The largest absolute Gasteiger partial charge is 0.508 e. The first-order valence-corrected chi connectivity index (χ1v) is 8.03. The normalized spacial score (nSPS) is 27.8. The predicted octanol–water partition coefficient (Wildman–Crippen LogP) is -2.56. The van der Waals surface area contributed by atoms with Gasteiger partial charge in [-0.05, 0) is 24.3 Å². The van der Waals surface area contributed by atoms with E-state index < -0.39 is 61.7 Å². The lowest BCUT2D eigenvalue weighted by molar-refractivity contribution is -0.277. The number of aliphatic hydroxyl groups excluding tert-OH is 4. The van der Waals surface area contributed by atoms with Crippen molar-refractivity contribution in [2.45, 2.75) is 43.2 Å².